The molecule has 26 heavy (non-hydrogen) atoms. The van der Waals surface area contributed by atoms with Gasteiger partial charge < -0.3 is 9.64 Å². The predicted octanol–water partition coefficient (Wildman–Crippen LogP) is 4.14. The Morgan fingerprint density at radius 3 is 2.54 bits per heavy atom. The van der Waals surface area contributed by atoms with Gasteiger partial charge in [0.25, 0.3) is 0 Å². The number of para-hydroxylation sites is 1. The molecule has 3 aromatic rings. The topological polar surface area (TPSA) is 49.2 Å². The van der Waals surface area contributed by atoms with Gasteiger partial charge >= 0.3 is 0 Å². The molecule has 4 rings (SSSR count). The van der Waals surface area contributed by atoms with Crippen LogP contribution in [0.25, 0.3) is 22.6 Å². The summed E-state index contributed by atoms with van der Waals surface area (Å²) < 4.78 is 5.40. The van der Waals surface area contributed by atoms with Crippen molar-refractivity contribution in [3.8, 4) is 6.07 Å². The molecule has 4 heteroatoms. The number of morpholine rings is 1. The van der Waals surface area contributed by atoms with Crippen molar-refractivity contribution >= 4 is 28.2 Å². The molecule has 0 unspecified atom stereocenters. The fraction of sp³-hybridized carbons (Fsp3) is 0.182. The molecule has 0 spiro atoms. The van der Waals surface area contributed by atoms with Crippen molar-refractivity contribution in [2.24, 2.45) is 0 Å². The van der Waals surface area contributed by atoms with Gasteiger partial charge in [0, 0.05) is 24.2 Å². The van der Waals surface area contributed by atoms with Crippen molar-refractivity contribution in [2.75, 3.05) is 31.2 Å². The molecule has 0 radical (unpaired) electrons. The van der Waals surface area contributed by atoms with Crippen molar-refractivity contribution in [2.45, 2.75) is 0 Å². The Kier molecular flexibility index (Phi) is 4.63. The highest BCUT2D eigenvalue weighted by molar-refractivity contribution is 5.90. The number of allylic oxidation sites excluding steroid dienone is 1. The van der Waals surface area contributed by atoms with E-state index in [9.17, 15) is 5.26 Å². The van der Waals surface area contributed by atoms with Gasteiger partial charge in [-0.3, -0.25) is 0 Å². The highest BCUT2D eigenvalue weighted by Gasteiger charge is 2.11. The summed E-state index contributed by atoms with van der Waals surface area (Å²) in [4.78, 5) is 6.93. The van der Waals surface area contributed by atoms with Crippen LogP contribution in [0.15, 0.2) is 60.7 Å². The molecule has 2 heterocycles. The van der Waals surface area contributed by atoms with E-state index in [1.54, 1.807) is 0 Å². The predicted molar refractivity (Wildman–Crippen MR) is 105 cm³/mol. The van der Waals surface area contributed by atoms with Crippen LogP contribution in [0.5, 0.6) is 0 Å². The number of hydrogen-bond donors (Lipinski definition) is 0. The highest BCUT2D eigenvalue weighted by atomic mass is 16.5. The van der Waals surface area contributed by atoms with E-state index in [0.29, 0.717) is 11.3 Å². The van der Waals surface area contributed by atoms with Crippen molar-refractivity contribution < 1.29 is 4.74 Å². The minimum absolute atomic E-state index is 0.565. The summed E-state index contributed by atoms with van der Waals surface area (Å²) in [6.45, 7) is 3.38. The maximum atomic E-state index is 9.59. The summed E-state index contributed by atoms with van der Waals surface area (Å²) in [5.41, 5.74) is 4.34. The number of rotatable bonds is 3. The van der Waals surface area contributed by atoms with Crippen molar-refractivity contribution in [1.82, 2.24) is 4.98 Å². The Labute approximate surface area is 153 Å². The highest BCUT2D eigenvalue weighted by Crippen LogP contribution is 2.22. The molecule has 128 valence electrons. The van der Waals surface area contributed by atoms with Gasteiger partial charge in [0.15, 0.2) is 0 Å². The lowest BCUT2D eigenvalue weighted by Crippen LogP contribution is -2.36. The summed E-state index contributed by atoms with van der Waals surface area (Å²) in [6, 6.07) is 22.4. The average Bonchev–Trinajstić information content (AvgIpc) is 2.73. The third-order valence-corrected chi connectivity index (χ3v) is 4.58. The van der Waals surface area contributed by atoms with E-state index in [2.05, 4.69) is 28.1 Å². The van der Waals surface area contributed by atoms with Gasteiger partial charge in [0.1, 0.15) is 6.07 Å². The number of anilines is 1. The van der Waals surface area contributed by atoms with Gasteiger partial charge in [-0.25, -0.2) is 4.98 Å². The van der Waals surface area contributed by atoms with Crippen molar-refractivity contribution in [1.29, 1.82) is 5.26 Å². The Hall–Kier alpha value is -3.16. The lowest BCUT2D eigenvalue weighted by Gasteiger charge is -2.28. The fourth-order valence-electron chi connectivity index (χ4n) is 3.15. The van der Waals surface area contributed by atoms with Crippen LogP contribution >= 0.6 is 0 Å². The summed E-state index contributed by atoms with van der Waals surface area (Å²) in [5, 5.41) is 10.7. The first kappa shape index (κ1) is 16.3. The van der Waals surface area contributed by atoms with Crippen LogP contribution in [0.4, 0.5) is 5.69 Å². The molecular formula is C22H19N3O. The Morgan fingerprint density at radius 2 is 1.77 bits per heavy atom. The zero-order valence-electron chi connectivity index (χ0n) is 14.4. The van der Waals surface area contributed by atoms with Gasteiger partial charge in [-0.15, -0.1) is 0 Å². The first-order chi connectivity index (χ1) is 12.8. The molecule has 1 aliphatic rings. The maximum Gasteiger partial charge on any atom is 0.101 e. The minimum Gasteiger partial charge on any atom is -0.378 e. The van der Waals surface area contributed by atoms with Crippen molar-refractivity contribution in [3.05, 3.63) is 71.9 Å². The van der Waals surface area contributed by atoms with E-state index in [1.807, 2.05) is 54.6 Å². The third kappa shape index (κ3) is 3.44. The molecule has 0 N–H and O–H groups in total. The molecule has 1 aliphatic heterocycles. The lowest BCUT2D eigenvalue weighted by molar-refractivity contribution is 0.122. The van der Waals surface area contributed by atoms with Gasteiger partial charge in [0.2, 0.25) is 0 Å². The Bertz CT molecular complexity index is 980. The second-order valence-electron chi connectivity index (χ2n) is 6.25. The third-order valence-electron chi connectivity index (χ3n) is 4.58. The van der Waals surface area contributed by atoms with E-state index < -0.39 is 0 Å². The van der Waals surface area contributed by atoms with E-state index in [0.717, 1.165) is 42.8 Å². The fourth-order valence-corrected chi connectivity index (χ4v) is 3.15. The second-order valence-corrected chi connectivity index (χ2v) is 6.25. The van der Waals surface area contributed by atoms with E-state index >= 15 is 0 Å². The molecule has 1 aromatic heterocycles. The number of fused-ring (bicyclic) bond motifs is 1. The first-order valence-corrected chi connectivity index (χ1v) is 8.74. The van der Waals surface area contributed by atoms with Crippen LogP contribution in [0.3, 0.4) is 0 Å². The molecule has 2 aromatic carbocycles. The number of aromatic nitrogens is 1. The number of nitrogens with zero attached hydrogens (tertiary/aromatic N) is 3. The lowest BCUT2D eigenvalue weighted by atomic mass is 10.1. The first-order valence-electron chi connectivity index (χ1n) is 8.74. The Balaban J connectivity index is 1.61. The van der Waals surface area contributed by atoms with Crippen molar-refractivity contribution in [3.63, 3.8) is 0 Å². The largest absolute Gasteiger partial charge is 0.378 e. The van der Waals surface area contributed by atoms with Gasteiger partial charge in [-0.1, -0.05) is 36.4 Å². The number of pyridine rings is 1. The Morgan fingerprint density at radius 1 is 1.00 bits per heavy atom. The van der Waals surface area contributed by atoms with E-state index in [-0.39, 0.29) is 0 Å². The van der Waals surface area contributed by atoms with Crippen LogP contribution in [0, 0.1) is 11.3 Å². The average molecular weight is 341 g/mol. The number of hydrogen-bond acceptors (Lipinski definition) is 4. The molecule has 0 atom stereocenters. The smallest absolute Gasteiger partial charge is 0.101 e. The summed E-state index contributed by atoms with van der Waals surface area (Å²) in [6.07, 6.45) is 1.89. The zero-order chi connectivity index (χ0) is 17.8. The van der Waals surface area contributed by atoms with Crippen LogP contribution < -0.4 is 4.90 Å². The van der Waals surface area contributed by atoms with Crippen LogP contribution in [-0.2, 0) is 4.74 Å². The molecule has 1 saturated heterocycles. The van der Waals surface area contributed by atoms with Crippen LogP contribution in [-0.4, -0.2) is 31.3 Å². The van der Waals surface area contributed by atoms with E-state index in [1.165, 1.54) is 5.69 Å². The maximum absolute atomic E-state index is 9.59. The van der Waals surface area contributed by atoms with Crippen LogP contribution in [0.1, 0.15) is 11.3 Å². The number of ether oxygens (including phenoxy) is 1. The quantitative estimate of drug-likeness (QED) is 0.672. The monoisotopic (exact) mass is 341 g/mol. The SMILES string of the molecule is N#C/C(=C\c1ccc(N2CCOCC2)cc1)c1ccc2ccccc2n1. The normalized spacial score (nSPS) is 15.0. The van der Waals surface area contributed by atoms with Gasteiger partial charge in [0.05, 0.1) is 30.0 Å². The molecular weight excluding hydrogens is 322 g/mol. The summed E-state index contributed by atoms with van der Waals surface area (Å²) in [7, 11) is 0. The number of benzene rings is 2. The van der Waals surface area contributed by atoms with E-state index in [4.69, 9.17) is 4.74 Å². The van der Waals surface area contributed by atoms with Gasteiger partial charge in [-0.05, 0) is 35.9 Å². The van der Waals surface area contributed by atoms with Crippen LogP contribution in [0.2, 0.25) is 0 Å². The zero-order valence-corrected chi connectivity index (χ0v) is 14.4. The number of nitriles is 1. The standard InChI is InChI=1S/C22H19N3O/c23-16-19(22-10-7-18-3-1-2-4-21(18)24-22)15-17-5-8-20(9-6-17)25-11-13-26-14-12-25/h1-10,15H,11-14H2/b19-15+. The molecule has 4 nitrogen and oxygen atoms in total. The molecule has 0 saturated carbocycles. The summed E-state index contributed by atoms with van der Waals surface area (Å²) >= 11 is 0. The van der Waals surface area contributed by atoms with Gasteiger partial charge in [-0.2, -0.15) is 5.26 Å². The minimum atomic E-state index is 0.565. The second kappa shape index (κ2) is 7.38. The molecule has 0 bridgehead atoms. The summed E-state index contributed by atoms with van der Waals surface area (Å²) in [5.74, 6) is 0. The molecule has 0 aliphatic carbocycles. The molecule has 1 fully saturated rings. The molecule has 0 amide bonds.